The van der Waals surface area contributed by atoms with E-state index in [9.17, 15) is 13.2 Å². The van der Waals surface area contributed by atoms with Crippen LogP contribution in [0, 0.1) is 12.8 Å². The van der Waals surface area contributed by atoms with Gasteiger partial charge in [-0.15, -0.1) is 0 Å². The van der Waals surface area contributed by atoms with E-state index in [1.807, 2.05) is 37.3 Å². The van der Waals surface area contributed by atoms with Crippen LogP contribution in [0.1, 0.15) is 24.1 Å². The number of H-pyrrole nitrogens is 1. The van der Waals surface area contributed by atoms with Crippen molar-refractivity contribution in [3.63, 3.8) is 0 Å². The van der Waals surface area contributed by atoms with E-state index in [2.05, 4.69) is 15.5 Å². The van der Waals surface area contributed by atoms with Gasteiger partial charge in [-0.05, 0) is 42.7 Å². The normalized spacial score (nSPS) is 16.2. The number of nitrogens with zero attached hydrogens (tertiary/aromatic N) is 2. The number of hydrogen-bond acceptors (Lipinski definition) is 4. The Morgan fingerprint density at radius 3 is 2.59 bits per heavy atom. The zero-order valence-corrected chi connectivity index (χ0v) is 17.1. The van der Waals surface area contributed by atoms with Crippen molar-refractivity contribution in [3.8, 4) is 0 Å². The molecular weight excluding hydrogens is 388 g/mol. The Balaban J connectivity index is 1.39. The van der Waals surface area contributed by atoms with Crippen molar-refractivity contribution in [1.29, 1.82) is 0 Å². The van der Waals surface area contributed by atoms with E-state index < -0.39 is 10.0 Å². The standard InChI is InChI=1S/C21H24N4O3S/c1-15-19(14-23-24-15)13-22-21(26)17-8-10-25(11-9-17)29(27,28)20-7-6-16-4-2-3-5-18(16)12-20/h2-7,12,14,17H,8-11,13H2,1H3,(H,22,26)(H,23,24). The molecule has 0 spiro atoms. The first-order chi connectivity index (χ1) is 13.9. The lowest BCUT2D eigenvalue weighted by Crippen LogP contribution is -2.42. The molecule has 2 N–H and O–H groups in total. The van der Waals surface area contributed by atoms with E-state index >= 15 is 0 Å². The van der Waals surface area contributed by atoms with Gasteiger partial charge in [0, 0.05) is 36.8 Å². The Hall–Kier alpha value is -2.71. The molecule has 152 valence electrons. The van der Waals surface area contributed by atoms with Gasteiger partial charge in [-0.2, -0.15) is 9.40 Å². The molecule has 0 radical (unpaired) electrons. The molecule has 1 fully saturated rings. The van der Waals surface area contributed by atoms with Crippen LogP contribution >= 0.6 is 0 Å². The molecule has 1 aromatic heterocycles. The first kappa shape index (κ1) is 19.6. The second kappa shape index (κ2) is 7.96. The molecule has 0 bridgehead atoms. The monoisotopic (exact) mass is 412 g/mol. The number of fused-ring (bicyclic) bond motifs is 1. The van der Waals surface area contributed by atoms with Gasteiger partial charge >= 0.3 is 0 Å². The van der Waals surface area contributed by atoms with Crippen molar-refractivity contribution < 1.29 is 13.2 Å². The van der Waals surface area contributed by atoms with Gasteiger partial charge in [0.25, 0.3) is 0 Å². The summed E-state index contributed by atoms with van der Waals surface area (Å²) in [6.45, 7) is 3.03. The summed E-state index contributed by atoms with van der Waals surface area (Å²) in [5, 5.41) is 11.6. The largest absolute Gasteiger partial charge is 0.352 e. The van der Waals surface area contributed by atoms with Gasteiger partial charge in [0.05, 0.1) is 11.1 Å². The van der Waals surface area contributed by atoms with Crippen molar-refractivity contribution in [1.82, 2.24) is 19.8 Å². The lowest BCUT2D eigenvalue weighted by Gasteiger charge is -2.30. The zero-order valence-electron chi connectivity index (χ0n) is 16.3. The molecule has 1 saturated heterocycles. The number of hydrogen-bond donors (Lipinski definition) is 2. The molecule has 0 unspecified atom stereocenters. The van der Waals surface area contributed by atoms with Gasteiger partial charge in [0.15, 0.2) is 0 Å². The van der Waals surface area contributed by atoms with E-state index in [0.717, 1.165) is 22.0 Å². The van der Waals surface area contributed by atoms with Crippen molar-refractivity contribution in [2.24, 2.45) is 5.92 Å². The number of carbonyl (C=O) groups excluding carboxylic acids is 1. The van der Waals surface area contributed by atoms with Gasteiger partial charge in [0.1, 0.15) is 0 Å². The van der Waals surface area contributed by atoms with Crippen LogP contribution in [0.3, 0.4) is 0 Å². The summed E-state index contributed by atoms with van der Waals surface area (Å²) in [5.41, 5.74) is 1.89. The third kappa shape index (κ3) is 4.04. The van der Waals surface area contributed by atoms with Gasteiger partial charge in [-0.1, -0.05) is 30.3 Å². The number of aromatic nitrogens is 2. The molecule has 1 aliphatic rings. The average Bonchev–Trinajstić information content (AvgIpc) is 3.16. The summed E-state index contributed by atoms with van der Waals surface area (Å²) in [6, 6.07) is 12.9. The van der Waals surface area contributed by atoms with Crippen molar-refractivity contribution in [2.45, 2.75) is 31.2 Å². The number of carbonyl (C=O) groups is 1. The topological polar surface area (TPSA) is 95.2 Å². The number of nitrogens with one attached hydrogen (secondary N) is 2. The molecule has 3 aromatic rings. The summed E-state index contributed by atoms with van der Waals surface area (Å²) in [6.07, 6.45) is 2.74. The highest BCUT2D eigenvalue weighted by molar-refractivity contribution is 7.89. The molecule has 2 aromatic carbocycles. The molecule has 0 aliphatic carbocycles. The van der Waals surface area contributed by atoms with Crippen LogP contribution in [0.2, 0.25) is 0 Å². The molecule has 29 heavy (non-hydrogen) atoms. The molecule has 1 aliphatic heterocycles. The minimum Gasteiger partial charge on any atom is -0.352 e. The second-order valence-electron chi connectivity index (χ2n) is 7.43. The van der Waals surface area contributed by atoms with Crippen LogP contribution in [0.5, 0.6) is 0 Å². The van der Waals surface area contributed by atoms with Crippen LogP contribution < -0.4 is 5.32 Å². The number of amides is 1. The van der Waals surface area contributed by atoms with Crippen LogP contribution in [-0.2, 0) is 21.4 Å². The molecule has 8 heteroatoms. The van der Waals surface area contributed by atoms with E-state index in [0.29, 0.717) is 37.4 Å². The van der Waals surface area contributed by atoms with Gasteiger partial charge < -0.3 is 5.32 Å². The predicted molar refractivity (Wildman–Crippen MR) is 111 cm³/mol. The predicted octanol–water partition coefficient (Wildman–Crippen LogP) is 2.59. The summed E-state index contributed by atoms with van der Waals surface area (Å²) in [4.78, 5) is 12.8. The Kier molecular flexibility index (Phi) is 5.38. The first-order valence-electron chi connectivity index (χ1n) is 9.70. The highest BCUT2D eigenvalue weighted by atomic mass is 32.2. The molecule has 0 saturated carbocycles. The summed E-state index contributed by atoms with van der Waals surface area (Å²) >= 11 is 0. The summed E-state index contributed by atoms with van der Waals surface area (Å²) < 4.78 is 27.6. The summed E-state index contributed by atoms with van der Waals surface area (Å²) in [7, 11) is -3.57. The van der Waals surface area contributed by atoms with Gasteiger partial charge in [-0.3, -0.25) is 9.89 Å². The highest BCUT2D eigenvalue weighted by Gasteiger charge is 2.32. The van der Waals surface area contributed by atoms with Crippen LogP contribution in [0.25, 0.3) is 10.8 Å². The van der Waals surface area contributed by atoms with Gasteiger partial charge in [0.2, 0.25) is 15.9 Å². The van der Waals surface area contributed by atoms with E-state index in [4.69, 9.17) is 0 Å². The fraction of sp³-hybridized carbons (Fsp3) is 0.333. The number of rotatable bonds is 5. The Morgan fingerprint density at radius 1 is 1.17 bits per heavy atom. The molecule has 4 rings (SSSR count). The molecular formula is C21H24N4O3S. The Bertz CT molecular complexity index is 1130. The van der Waals surface area contributed by atoms with Crippen LogP contribution in [0.4, 0.5) is 0 Å². The van der Waals surface area contributed by atoms with Crippen LogP contribution in [-0.4, -0.2) is 41.9 Å². The average molecular weight is 413 g/mol. The maximum atomic E-state index is 13.0. The third-order valence-electron chi connectivity index (χ3n) is 5.57. The fourth-order valence-electron chi connectivity index (χ4n) is 3.72. The minimum atomic E-state index is -3.57. The smallest absolute Gasteiger partial charge is 0.243 e. The van der Waals surface area contributed by atoms with E-state index in [-0.39, 0.29) is 11.8 Å². The Labute approximate surface area is 170 Å². The maximum Gasteiger partial charge on any atom is 0.243 e. The quantitative estimate of drug-likeness (QED) is 0.673. The number of piperidine rings is 1. The lowest BCUT2D eigenvalue weighted by atomic mass is 9.97. The second-order valence-corrected chi connectivity index (χ2v) is 9.36. The Morgan fingerprint density at radius 2 is 1.90 bits per heavy atom. The zero-order chi connectivity index (χ0) is 20.4. The summed E-state index contributed by atoms with van der Waals surface area (Å²) in [5.74, 6) is -0.210. The minimum absolute atomic E-state index is 0.0339. The molecule has 7 nitrogen and oxygen atoms in total. The number of aryl methyl sites for hydroxylation is 1. The lowest BCUT2D eigenvalue weighted by molar-refractivity contribution is -0.126. The van der Waals surface area contributed by atoms with E-state index in [1.54, 1.807) is 18.3 Å². The number of benzene rings is 2. The van der Waals surface area contributed by atoms with Crippen molar-refractivity contribution >= 4 is 26.7 Å². The van der Waals surface area contributed by atoms with Gasteiger partial charge in [-0.25, -0.2) is 8.42 Å². The SMILES string of the molecule is Cc1[nH]ncc1CNC(=O)C1CCN(S(=O)(=O)c2ccc3ccccc3c2)CC1. The molecule has 0 atom stereocenters. The highest BCUT2D eigenvalue weighted by Crippen LogP contribution is 2.26. The number of sulfonamides is 1. The third-order valence-corrected chi connectivity index (χ3v) is 7.47. The van der Waals surface area contributed by atoms with Crippen molar-refractivity contribution in [3.05, 3.63) is 59.9 Å². The molecule has 2 heterocycles. The maximum absolute atomic E-state index is 13.0. The van der Waals surface area contributed by atoms with E-state index in [1.165, 1.54) is 4.31 Å². The number of aromatic amines is 1. The molecule has 1 amide bonds. The fourth-order valence-corrected chi connectivity index (χ4v) is 5.22. The van der Waals surface area contributed by atoms with Crippen molar-refractivity contribution in [2.75, 3.05) is 13.1 Å². The van der Waals surface area contributed by atoms with Crippen LogP contribution in [0.15, 0.2) is 53.6 Å². The first-order valence-corrected chi connectivity index (χ1v) is 11.1.